The summed E-state index contributed by atoms with van der Waals surface area (Å²) in [7, 11) is -3.55. The Morgan fingerprint density at radius 3 is 2.86 bits per heavy atom. The van der Waals surface area contributed by atoms with Gasteiger partial charge in [-0.15, -0.1) is 10.2 Å². The number of allylic oxidation sites excluding steroid dienone is 1. The van der Waals surface area contributed by atoms with E-state index in [1.54, 1.807) is 0 Å². The highest BCUT2D eigenvalue weighted by atomic mass is 32.2. The van der Waals surface area contributed by atoms with Crippen LogP contribution in [0, 0.1) is 17.1 Å². The predicted molar refractivity (Wildman–Crippen MR) is 70.9 cm³/mol. The van der Waals surface area contributed by atoms with Crippen molar-refractivity contribution >= 4 is 21.1 Å². The van der Waals surface area contributed by atoms with Gasteiger partial charge < -0.3 is 5.32 Å². The standard InChI is InChI=1S/C11H9FN6O2S/c1-21(19,20)10-3-2-8(12)4-9(10)14-6-7(5-13)11-15-17-18-16-11/h2-4,6,14H,1H3,(H,15,16,17,18). The second-order valence-electron chi connectivity index (χ2n) is 3.96. The molecule has 0 fully saturated rings. The zero-order valence-corrected chi connectivity index (χ0v) is 11.5. The largest absolute Gasteiger partial charge is 0.359 e. The first-order valence-electron chi connectivity index (χ1n) is 5.52. The van der Waals surface area contributed by atoms with Gasteiger partial charge in [0.05, 0.1) is 10.6 Å². The summed E-state index contributed by atoms with van der Waals surface area (Å²) in [6, 6.07) is 5.01. The van der Waals surface area contributed by atoms with Crippen molar-refractivity contribution < 1.29 is 12.8 Å². The van der Waals surface area contributed by atoms with Gasteiger partial charge in [0.1, 0.15) is 17.5 Å². The number of rotatable bonds is 4. The molecular weight excluding hydrogens is 299 g/mol. The molecule has 2 N–H and O–H groups in total. The van der Waals surface area contributed by atoms with Crippen molar-refractivity contribution in [3.05, 3.63) is 36.0 Å². The summed E-state index contributed by atoms with van der Waals surface area (Å²) in [5.41, 5.74) is 0.0150. The van der Waals surface area contributed by atoms with Crippen molar-refractivity contribution in [2.45, 2.75) is 4.90 Å². The summed E-state index contributed by atoms with van der Waals surface area (Å²) in [4.78, 5) is -0.0921. The van der Waals surface area contributed by atoms with E-state index in [2.05, 4.69) is 25.9 Å². The maximum Gasteiger partial charge on any atom is 0.216 e. The highest BCUT2D eigenvalue weighted by Crippen LogP contribution is 2.23. The van der Waals surface area contributed by atoms with E-state index in [0.29, 0.717) is 0 Å². The van der Waals surface area contributed by atoms with Crippen LogP contribution in [-0.2, 0) is 9.84 Å². The Morgan fingerprint density at radius 2 is 2.29 bits per heavy atom. The fraction of sp³-hybridized carbons (Fsp3) is 0.0909. The molecule has 0 atom stereocenters. The molecule has 0 aliphatic heterocycles. The van der Waals surface area contributed by atoms with Crippen molar-refractivity contribution in [2.24, 2.45) is 0 Å². The number of nitrogens with one attached hydrogen (secondary N) is 2. The minimum absolute atomic E-state index is 0.00691. The highest BCUT2D eigenvalue weighted by Gasteiger charge is 2.14. The number of benzene rings is 1. The minimum Gasteiger partial charge on any atom is -0.359 e. The summed E-state index contributed by atoms with van der Waals surface area (Å²) in [5, 5.41) is 24.3. The van der Waals surface area contributed by atoms with Gasteiger partial charge in [-0.2, -0.15) is 10.5 Å². The first-order chi connectivity index (χ1) is 9.91. The molecule has 10 heteroatoms. The number of tetrazole rings is 1. The van der Waals surface area contributed by atoms with E-state index < -0.39 is 15.7 Å². The van der Waals surface area contributed by atoms with Crippen LogP contribution in [0.5, 0.6) is 0 Å². The lowest BCUT2D eigenvalue weighted by Gasteiger charge is -2.07. The summed E-state index contributed by atoms with van der Waals surface area (Å²) in [6.07, 6.45) is 2.17. The molecule has 0 aliphatic carbocycles. The Balaban J connectivity index is 2.40. The SMILES string of the molecule is CS(=O)(=O)c1ccc(F)cc1NC=C(C#N)c1nn[nH]n1. The normalized spacial score (nSPS) is 12.0. The monoisotopic (exact) mass is 308 g/mol. The minimum atomic E-state index is -3.55. The second-order valence-corrected chi connectivity index (χ2v) is 5.95. The highest BCUT2D eigenvalue weighted by molar-refractivity contribution is 7.90. The molecule has 0 unspecified atom stereocenters. The van der Waals surface area contributed by atoms with Crippen LogP contribution in [0.15, 0.2) is 29.3 Å². The van der Waals surface area contributed by atoms with E-state index in [1.807, 2.05) is 6.07 Å². The Bertz CT molecular complexity index is 823. The van der Waals surface area contributed by atoms with Crippen LogP contribution in [-0.4, -0.2) is 35.3 Å². The number of halogens is 1. The quantitative estimate of drug-likeness (QED) is 0.629. The Hall–Kier alpha value is -2.80. The van der Waals surface area contributed by atoms with Crippen LogP contribution in [0.1, 0.15) is 5.82 Å². The number of nitriles is 1. The van der Waals surface area contributed by atoms with Crippen LogP contribution >= 0.6 is 0 Å². The summed E-state index contributed by atoms with van der Waals surface area (Å²) < 4.78 is 36.5. The van der Waals surface area contributed by atoms with Gasteiger partial charge in [0.25, 0.3) is 0 Å². The molecule has 21 heavy (non-hydrogen) atoms. The number of hydrogen-bond donors (Lipinski definition) is 2. The first kappa shape index (κ1) is 14.6. The molecule has 2 aromatic rings. The molecule has 1 aromatic heterocycles. The lowest BCUT2D eigenvalue weighted by molar-refractivity contribution is 0.601. The zero-order chi connectivity index (χ0) is 15.5. The van der Waals surface area contributed by atoms with Crippen molar-refractivity contribution in [3.8, 4) is 6.07 Å². The summed E-state index contributed by atoms with van der Waals surface area (Å²) in [6.45, 7) is 0. The lowest BCUT2D eigenvalue weighted by atomic mass is 10.3. The van der Waals surface area contributed by atoms with Crippen molar-refractivity contribution in [3.63, 3.8) is 0 Å². The average Bonchev–Trinajstić information content (AvgIpc) is 2.92. The maximum atomic E-state index is 13.3. The molecule has 0 aliphatic rings. The van der Waals surface area contributed by atoms with Gasteiger partial charge in [0.2, 0.25) is 5.82 Å². The van der Waals surface area contributed by atoms with Crippen LogP contribution < -0.4 is 5.32 Å². The zero-order valence-electron chi connectivity index (χ0n) is 10.7. The van der Waals surface area contributed by atoms with E-state index in [0.717, 1.165) is 24.5 Å². The van der Waals surface area contributed by atoms with Crippen LogP contribution in [0.4, 0.5) is 10.1 Å². The van der Waals surface area contributed by atoms with E-state index in [9.17, 15) is 12.8 Å². The molecule has 1 heterocycles. The summed E-state index contributed by atoms with van der Waals surface area (Å²) in [5.74, 6) is -0.585. The molecule has 0 spiro atoms. The molecule has 8 nitrogen and oxygen atoms in total. The van der Waals surface area contributed by atoms with E-state index in [1.165, 1.54) is 6.20 Å². The van der Waals surface area contributed by atoms with Crippen molar-refractivity contribution in [2.75, 3.05) is 11.6 Å². The number of hydrogen-bond acceptors (Lipinski definition) is 7. The Kier molecular flexibility index (Phi) is 3.95. The number of H-pyrrole nitrogens is 1. The maximum absolute atomic E-state index is 13.3. The smallest absolute Gasteiger partial charge is 0.216 e. The van der Waals surface area contributed by atoms with Gasteiger partial charge in [0, 0.05) is 12.5 Å². The molecule has 0 radical (unpaired) electrons. The second kappa shape index (κ2) is 5.68. The fourth-order valence-electron chi connectivity index (χ4n) is 1.51. The van der Waals surface area contributed by atoms with Gasteiger partial charge in [-0.05, 0) is 23.4 Å². The predicted octanol–water partition coefficient (Wildman–Crippen LogP) is 0.719. The number of sulfone groups is 1. The first-order valence-corrected chi connectivity index (χ1v) is 7.41. The van der Waals surface area contributed by atoms with E-state index >= 15 is 0 Å². The van der Waals surface area contributed by atoms with Crippen molar-refractivity contribution in [1.82, 2.24) is 20.6 Å². The third-order valence-electron chi connectivity index (χ3n) is 2.42. The van der Waals surface area contributed by atoms with Crippen molar-refractivity contribution in [1.29, 1.82) is 5.26 Å². The number of aromatic nitrogens is 4. The van der Waals surface area contributed by atoms with Crippen LogP contribution in [0.25, 0.3) is 5.57 Å². The van der Waals surface area contributed by atoms with E-state index in [4.69, 9.17) is 5.26 Å². The molecule has 1 aromatic carbocycles. The summed E-state index contributed by atoms with van der Waals surface area (Å²) >= 11 is 0. The molecular formula is C11H9FN6O2S. The number of nitrogens with zero attached hydrogens (tertiary/aromatic N) is 4. The number of anilines is 1. The third-order valence-corrected chi connectivity index (χ3v) is 3.57. The molecule has 0 bridgehead atoms. The van der Waals surface area contributed by atoms with Gasteiger partial charge >= 0.3 is 0 Å². The lowest BCUT2D eigenvalue weighted by Crippen LogP contribution is -2.03. The van der Waals surface area contributed by atoms with Gasteiger partial charge in [-0.3, -0.25) is 0 Å². The van der Waals surface area contributed by atoms with Gasteiger partial charge in [-0.1, -0.05) is 0 Å². The van der Waals surface area contributed by atoms with E-state index in [-0.39, 0.29) is 22.0 Å². The van der Waals surface area contributed by atoms with Gasteiger partial charge in [0.15, 0.2) is 9.84 Å². The molecule has 2 rings (SSSR count). The fourth-order valence-corrected chi connectivity index (χ4v) is 2.34. The number of aromatic amines is 1. The third kappa shape index (κ3) is 3.40. The average molecular weight is 308 g/mol. The molecule has 0 amide bonds. The Morgan fingerprint density at radius 1 is 1.52 bits per heavy atom. The topological polar surface area (TPSA) is 124 Å². The van der Waals surface area contributed by atoms with Crippen LogP contribution in [0.3, 0.4) is 0 Å². The molecule has 0 saturated heterocycles. The Labute approximate surface area is 119 Å². The molecule has 0 saturated carbocycles. The van der Waals surface area contributed by atoms with Gasteiger partial charge in [-0.25, -0.2) is 12.8 Å². The molecule has 108 valence electrons. The van der Waals surface area contributed by atoms with Crippen LogP contribution in [0.2, 0.25) is 0 Å².